The van der Waals surface area contributed by atoms with E-state index in [0.29, 0.717) is 12.0 Å². The topological polar surface area (TPSA) is 49.4 Å². The van der Waals surface area contributed by atoms with Gasteiger partial charge in [0.2, 0.25) is 5.91 Å². The highest BCUT2D eigenvalue weighted by Gasteiger charge is 2.20. The molecule has 0 bridgehead atoms. The van der Waals surface area contributed by atoms with Gasteiger partial charge in [0.25, 0.3) is 5.91 Å². The number of rotatable bonds is 4. The van der Waals surface area contributed by atoms with Crippen molar-refractivity contribution in [2.45, 2.75) is 32.2 Å². The average molecular weight is 328 g/mol. The zero-order valence-corrected chi connectivity index (χ0v) is 13.9. The molecule has 0 saturated carbocycles. The first-order valence-electron chi connectivity index (χ1n) is 7.90. The molecule has 1 aromatic carbocycles. The standard InChI is InChI=1S/C18H20N2O2S/c1-13(16-5-4-12-23-16)19-18(22)14-7-9-15(10-8-14)20-11-3-2-6-17(20)21/h4-5,7-10,12-13H,2-3,6,11H2,1H3,(H,19,22). The Labute approximate surface area is 140 Å². The van der Waals surface area contributed by atoms with Crippen LogP contribution in [-0.2, 0) is 4.79 Å². The van der Waals surface area contributed by atoms with E-state index in [1.54, 1.807) is 28.4 Å². The summed E-state index contributed by atoms with van der Waals surface area (Å²) >= 11 is 1.63. The predicted octanol–water partition coefficient (Wildman–Crippen LogP) is 3.76. The van der Waals surface area contributed by atoms with Crippen molar-refractivity contribution < 1.29 is 9.59 Å². The van der Waals surface area contributed by atoms with Crippen molar-refractivity contribution in [2.75, 3.05) is 11.4 Å². The van der Waals surface area contributed by atoms with Crippen molar-refractivity contribution in [3.63, 3.8) is 0 Å². The van der Waals surface area contributed by atoms with Gasteiger partial charge in [-0.05, 0) is 55.5 Å². The number of thiophene rings is 1. The molecule has 1 aliphatic heterocycles. The first-order chi connectivity index (χ1) is 11.1. The third-order valence-electron chi connectivity index (χ3n) is 4.08. The third-order valence-corrected chi connectivity index (χ3v) is 5.14. The van der Waals surface area contributed by atoms with E-state index in [4.69, 9.17) is 0 Å². The largest absolute Gasteiger partial charge is 0.345 e. The molecule has 4 nitrogen and oxygen atoms in total. The quantitative estimate of drug-likeness (QED) is 0.929. The van der Waals surface area contributed by atoms with E-state index in [9.17, 15) is 9.59 Å². The SMILES string of the molecule is CC(NC(=O)c1ccc(N2CCCCC2=O)cc1)c1cccs1. The fraction of sp³-hybridized carbons (Fsp3) is 0.333. The lowest BCUT2D eigenvalue weighted by Crippen LogP contribution is -2.35. The zero-order chi connectivity index (χ0) is 16.2. The Balaban J connectivity index is 1.66. The molecule has 5 heteroatoms. The molecule has 1 unspecified atom stereocenters. The molecule has 1 aromatic heterocycles. The van der Waals surface area contributed by atoms with Crippen molar-refractivity contribution in [1.82, 2.24) is 5.32 Å². The minimum Gasteiger partial charge on any atom is -0.345 e. The van der Waals surface area contributed by atoms with Gasteiger partial charge in [-0.1, -0.05) is 6.07 Å². The Bertz CT molecular complexity index is 680. The highest BCUT2D eigenvalue weighted by Crippen LogP contribution is 2.22. The smallest absolute Gasteiger partial charge is 0.251 e. The number of benzene rings is 1. The van der Waals surface area contributed by atoms with Crippen molar-refractivity contribution in [2.24, 2.45) is 0 Å². The summed E-state index contributed by atoms with van der Waals surface area (Å²) in [6, 6.07) is 11.3. The van der Waals surface area contributed by atoms with E-state index in [1.807, 2.05) is 36.6 Å². The van der Waals surface area contributed by atoms with Crippen LogP contribution in [0.25, 0.3) is 0 Å². The summed E-state index contributed by atoms with van der Waals surface area (Å²) < 4.78 is 0. The summed E-state index contributed by atoms with van der Waals surface area (Å²) in [6.07, 6.45) is 2.61. The van der Waals surface area contributed by atoms with Crippen molar-refractivity contribution in [3.8, 4) is 0 Å². The molecule has 1 N–H and O–H groups in total. The number of piperidine rings is 1. The summed E-state index contributed by atoms with van der Waals surface area (Å²) in [4.78, 5) is 27.2. The molecule has 2 amide bonds. The average Bonchev–Trinajstić information content (AvgIpc) is 3.10. The second-order valence-electron chi connectivity index (χ2n) is 5.76. The van der Waals surface area contributed by atoms with Crippen LogP contribution in [-0.4, -0.2) is 18.4 Å². The molecule has 0 radical (unpaired) electrons. The van der Waals surface area contributed by atoms with Gasteiger partial charge in [-0.2, -0.15) is 0 Å². The zero-order valence-electron chi connectivity index (χ0n) is 13.1. The third kappa shape index (κ3) is 3.62. The Morgan fingerprint density at radius 1 is 1.22 bits per heavy atom. The van der Waals surface area contributed by atoms with Crippen molar-refractivity contribution >= 4 is 28.8 Å². The fourth-order valence-electron chi connectivity index (χ4n) is 2.76. The maximum absolute atomic E-state index is 12.3. The lowest BCUT2D eigenvalue weighted by Gasteiger charge is -2.26. The molecule has 1 fully saturated rings. The van der Waals surface area contributed by atoms with Gasteiger partial charge in [0, 0.05) is 29.1 Å². The summed E-state index contributed by atoms with van der Waals surface area (Å²) in [5.41, 5.74) is 1.49. The molecule has 2 aromatic rings. The summed E-state index contributed by atoms with van der Waals surface area (Å²) in [7, 11) is 0. The van der Waals surface area contributed by atoms with Crippen LogP contribution in [0.15, 0.2) is 41.8 Å². The number of nitrogens with one attached hydrogen (secondary N) is 1. The number of nitrogens with zero attached hydrogens (tertiary/aromatic N) is 1. The van der Waals surface area contributed by atoms with Crippen molar-refractivity contribution in [1.29, 1.82) is 0 Å². The van der Waals surface area contributed by atoms with E-state index < -0.39 is 0 Å². The Kier molecular flexibility index (Phi) is 4.76. The predicted molar refractivity (Wildman–Crippen MR) is 92.8 cm³/mol. The van der Waals surface area contributed by atoms with Crippen LogP contribution in [0.1, 0.15) is 47.5 Å². The lowest BCUT2D eigenvalue weighted by atomic mass is 10.1. The maximum Gasteiger partial charge on any atom is 0.251 e. The molecule has 23 heavy (non-hydrogen) atoms. The van der Waals surface area contributed by atoms with Crippen LogP contribution in [0.4, 0.5) is 5.69 Å². The number of hydrogen-bond acceptors (Lipinski definition) is 3. The van der Waals surface area contributed by atoms with E-state index in [-0.39, 0.29) is 17.9 Å². The molecule has 0 spiro atoms. The molecule has 120 valence electrons. The Hall–Kier alpha value is -2.14. The molecule has 1 saturated heterocycles. The first-order valence-corrected chi connectivity index (χ1v) is 8.78. The number of carbonyl (C=O) groups excluding carboxylic acids is 2. The van der Waals surface area contributed by atoms with E-state index in [0.717, 1.165) is 30.0 Å². The second kappa shape index (κ2) is 6.96. The number of carbonyl (C=O) groups is 2. The van der Waals surface area contributed by atoms with Gasteiger partial charge in [0.05, 0.1) is 6.04 Å². The van der Waals surface area contributed by atoms with Crippen LogP contribution < -0.4 is 10.2 Å². The van der Waals surface area contributed by atoms with E-state index >= 15 is 0 Å². The van der Waals surface area contributed by atoms with Crippen LogP contribution in [0, 0.1) is 0 Å². The summed E-state index contributed by atoms with van der Waals surface area (Å²) in [6.45, 7) is 2.74. The number of amides is 2. The van der Waals surface area contributed by atoms with Gasteiger partial charge in [-0.15, -0.1) is 11.3 Å². The van der Waals surface area contributed by atoms with Crippen LogP contribution in [0.3, 0.4) is 0 Å². The Morgan fingerprint density at radius 2 is 2.00 bits per heavy atom. The number of hydrogen-bond donors (Lipinski definition) is 1. The highest BCUT2D eigenvalue weighted by molar-refractivity contribution is 7.10. The van der Waals surface area contributed by atoms with Gasteiger partial charge >= 0.3 is 0 Å². The maximum atomic E-state index is 12.3. The van der Waals surface area contributed by atoms with Crippen LogP contribution in [0.5, 0.6) is 0 Å². The van der Waals surface area contributed by atoms with Crippen molar-refractivity contribution in [3.05, 3.63) is 52.2 Å². The van der Waals surface area contributed by atoms with Crippen LogP contribution in [0.2, 0.25) is 0 Å². The summed E-state index contributed by atoms with van der Waals surface area (Å²) in [5.74, 6) is 0.0715. The first kappa shape index (κ1) is 15.7. The monoisotopic (exact) mass is 328 g/mol. The highest BCUT2D eigenvalue weighted by atomic mass is 32.1. The molecule has 1 atom stereocenters. The van der Waals surface area contributed by atoms with Gasteiger partial charge < -0.3 is 10.2 Å². The van der Waals surface area contributed by atoms with Crippen LogP contribution >= 0.6 is 11.3 Å². The van der Waals surface area contributed by atoms with Gasteiger partial charge in [-0.25, -0.2) is 0 Å². The normalized spacial score (nSPS) is 16.2. The lowest BCUT2D eigenvalue weighted by molar-refractivity contribution is -0.119. The van der Waals surface area contributed by atoms with E-state index in [1.165, 1.54) is 0 Å². The minimum absolute atomic E-state index is 0.00847. The molecular weight excluding hydrogens is 308 g/mol. The molecule has 1 aliphatic rings. The molecular formula is C18H20N2O2S. The molecule has 3 rings (SSSR count). The second-order valence-corrected chi connectivity index (χ2v) is 6.74. The summed E-state index contributed by atoms with van der Waals surface area (Å²) in [5, 5.41) is 5.00. The fourth-order valence-corrected chi connectivity index (χ4v) is 3.49. The molecule has 2 heterocycles. The van der Waals surface area contributed by atoms with Gasteiger partial charge in [0.15, 0.2) is 0 Å². The minimum atomic E-state index is -0.0950. The van der Waals surface area contributed by atoms with Gasteiger partial charge in [-0.3, -0.25) is 9.59 Å². The number of anilines is 1. The molecule has 0 aliphatic carbocycles. The van der Waals surface area contributed by atoms with E-state index in [2.05, 4.69) is 5.32 Å². The Morgan fingerprint density at radius 3 is 2.65 bits per heavy atom. The van der Waals surface area contributed by atoms with Gasteiger partial charge in [0.1, 0.15) is 0 Å².